The van der Waals surface area contributed by atoms with E-state index in [1.807, 2.05) is 12.3 Å². The molecule has 4 aromatic rings. The largest absolute Gasteiger partial charge is 0.299 e. The quantitative estimate of drug-likeness (QED) is 0.349. The van der Waals surface area contributed by atoms with Gasteiger partial charge >= 0.3 is 0 Å². The Morgan fingerprint density at radius 3 is 2.74 bits per heavy atom. The number of nitrogens with one attached hydrogen (secondary N) is 1. The summed E-state index contributed by atoms with van der Waals surface area (Å²) in [7, 11) is 0. The van der Waals surface area contributed by atoms with Gasteiger partial charge in [-0.25, -0.2) is 4.98 Å². The molecule has 7 nitrogen and oxygen atoms in total. The van der Waals surface area contributed by atoms with Crippen molar-refractivity contribution in [2.45, 2.75) is 65.3 Å². The Balaban J connectivity index is 1.47. The third kappa shape index (κ3) is 4.79. The standard InChI is InChI=1S/C26H29N5O2S2/c1-4-20(23(32)28-26-30-29-21(35-26)11-15(2)3)31-14-27-24-22(25(31)33)19(13-34-24)18-10-9-16-7-5-6-8-17(16)12-18/h9-10,12-15,20H,4-8,11H2,1-3H3,(H,28,30,32). The van der Waals surface area contributed by atoms with Crippen molar-refractivity contribution < 1.29 is 4.79 Å². The van der Waals surface area contributed by atoms with Crippen LogP contribution in [0.1, 0.15) is 62.2 Å². The monoisotopic (exact) mass is 507 g/mol. The van der Waals surface area contributed by atoms with Gasteiger partial charge in [-0.3, -0.25) is 19.5 Å². The van der Waals surface area contributed by atoms with Gasteiger partial charge < -0.3 is 0 Å². The molecule has 1 aliphatic rings. The third-order valence-corrected chi connectivity index (χ3v) is 8.23. The number of aryl methyl sites for hydroxylation is 2. The highest BCUT2D eigenvalue weighted by Gasteiger charge is 2.24. The van der Waals surface area contributed by atoms with Gasteiger partial charge in [-0.15, -0.1) is 21.5 Å². The van der Waals surface area contributed by atoms with Gasteiger partial charge in [0.1, 0.15) is 15.9 Å². The van der Waals surface area contributed by atoms with Crippen molar-refractivity contribution in [1.82, 2.24) is 19.7 Å². The Morgan fingerprint density at radius 1 is 1.17 bits per heavy atom. The van der Waals surface area contributed by atoms with Gasteiger partial charge in [-0.05, 0) is 54.7 Å². The average molecular weight is 508 g/mol. The molecule has 1 aliphatic carbocycles. The zero-order chi connectivity index (χ0) is 24.5. The second kappa shape index (κ2) is 9.99. The van der Waals surface area contributed by atoms with E-state index in [2.05, 4.69) is 52.5 Å². The Kier molecular flexibility index (Phi) is 6.80. The summed E-state index contributed by atoms with van der Waals surface area (Å²) in [5.41, 5.74) is 4.52. The first-order valence-electron chi connectivity index (χ1n) is 12.2. The van der Waals surface area contributed by atoms with Crippen LogP contribution in [0, 0.1) is 5.92 Å². The summed E-state index contributed by atoms with van der Waals surface area (Å²) >= 11 is 2.84. The van der Waals surface area contributed by atoms with E-state index in [1.54, 1.807) is 0 Å². The lowest BCUT2D eigenvalue weighted by atomic mass is 9.89. The number of benzene rings is 1. The van der Waals surface area contributed by atoms with Crippen LogP contribution >= 0.6 is 22.7 Å². The van der Waals surface area contributed by atoms with Crippen molar-refractivity contribution in [1.29, 1.82) is 0 Å². The molecule has 1 N–H and O–H groups in total. The maximum atomic E-state index is 13.7. The van der Waals surface area contributed by atoms with Crippen LogP contribution in [0.15, 0.2) is 34.7 Å². The van der Waals surface area contributed by atoms with Crippen LogP contribution < -0.4 is 10.9 Å². The van der Waals surface area contributed by atoms with Crippen LogP contribution in [0.4, 0.5) is 5.13 Å². The van der Waals surface area contributed by atoms with Crippen molar-refractivity contribution in [2.75, 3.05) is 5.32 Å². The van der Waals surface area contributed by atoms with E-state index in [1.165, 1.54) is 57.5 Å². The van der Waals surface area contributed by atoms with E-state index in [4.69, 9.17) is 0 Å². The number of aromatic nitrogens is 4. The summed E-state index contributed by atoms with van der Waals surface area (Å²) in [6.45, 7) is 6.12. The number of hydrogen-bond acceptors (Lipinski definition) is 7. The SMILES string of the molecule is CCC(C(=O)Nc1nnc(CC(C)C)s1)n1cnc2scc(-c3ccc4c(c3)CCCC4)c2c1=O. The van der Waals surface area contributed by atoms with Crippen LogP contribution in [0.5, 0.6) is 0 Å². The second-order valence-corrected chi connectivity index (χ2v) is 11.4. The predicted octanol–water partition coefficient (Wildman–Crippen LogP) is 5.64. The van der Waals surface area contributed by atoms with E-state index >= 15 is 0 Å². The Hall–Kier alpha value is -2.91. The Bertz CT molecular complexity index is 1440. The van der Waals surface area contributed by atoms with Gasteiger partial charge in [-0.1, -0.05) is 50.3 Å². The summed E-state index contributed by atoms with van der Waals surface area (Å²) in [6, 6.07) is 5.84. The van der Waals surface area contributed by atoms with E-state index in [0.717, 1.165) is 35.4 Å². The molecule has 0 spiro atoms. The average Bonchev–Trinajstić information content (AvgIpc) is 3.47. The second-order valence-electron chi connectivity index (χ2n) is 9.49. The first kappa shape index (κ1) is 23.8. The molecule has 3 heterocycles. The maximum Gasteiger partial charge on any atom is 0.263 e. The molecule has 0 saturated carbocycles. The van der Waals surface area contributed by atoms with Crippen LogP contribution in [-0.4, -0.2) is 25.7 Å². The van der Waals surface area contributed by atoms with E-state index in [-0.39, 0.29) is 11.5 Å². The zero-order valence-electron chi connectivity index (χ0n) is 20.2. The van der Waals surface area contributed by atoms with Gasteiger partial charge in [0.15, 0.2) is 0 Å². The summed E-state index contributed by atoms with van der Waals surface area (Å²) in [4.78, 5) is 32.1. The molecule has 0 bridgehead atoms. The fraction of sp³-hybridized carbons (Fsp3) is 0.423. The Morgan fingerprint density at radius 2 is 1.97 bits per heavy atom. The molecule has 1 unspecified atom stereocenters. The molecule has 1 amide bonds. The molecule has 5 rings (SSSR count). The molecule has 1 aromatic carbocycles. The lowest BCUT2D eigenvalue weighted by Gasteiger charge is -2.17. The molecule has 35 heavy (non-hydrogen) atoms. The van der Waals surface area contributed by atoms with E-state index in [9.17, 15) is 9.59 Å². The molecular formula is C26H29N5O2S2. The number of hydrogen-bond donors (Lipinski definition) is 1. The highest BCUT2D eigenvalue weighted by molar-refractivity contribution is 7.17. The van der Waals surface area contributed by atoms with Crippen LogP contribution in [-0.2, 0) is 24.1 Å². The van der Waals surface area contributed by atoms with Crippen LogP contribution in [0.25, 0.3) is 21.3 Å². The number of thiophene rings is 1. The predicted molar refractivity (Wildman–Crippen MR) is 142 cm³/mol. The number of nitrogens with zero attached hydrogens (tertiary/aromatic N) is 4. The zero-order valence-corrected chi connectivity index (χ0v) is 21.8. The summed E-state index contributed by atoms with van der Waals surface area (Å²) in [5, 5.41) is 15.1. The van der Waals surface area contributed by atoms with Crippen molar-refractivity contribution in [3.63, 3.8) is 0 Å². The van der Waals surface area contributed by atoms with E-state index < -0.39 is 6.04 Å². The van der Waals surface area contributed by atoms with Crippen molar-refractivity contribution in [3.05, 3.63) is 56.4 Å². The number of carbonyl (C=O) groups is 1. The minimum Gasteiger partial charge on any atom is -0.299 e. The van der Waals surface area contributed by atoms with E-state index in [0.29, 0.717) is 27.7 Å². The first-order valence-corrected chi connectivity index (χ1v) is 13.9. The maximum absolute atomic E-state index is 13.7. The number of carbonyl (C=O) groups excluding carboxylic acids is 1. The van der Waals surface area contributed by atoms with Crippen molar-refractivity contribution in [3.8, 4) is 11.1 Å². The lowest BCUT2D eigenvalue weighted by molar-refractivity contribution is -0.119. The molecule has 0 fully saturated rings. The molecule has 0 aliphatic heterocycles. The fourth-order valence-electron chi connectivity index (χ4n) is 4.71. The van der Waals surface area contributed by atoms with Gasteiger partial charge in [-0.2, -0.15) is 0 Å². The topological polar surface area (TPSA) is 89.8 Å². The van der Waals surface area contributed by atoms with Crippen LogP contribution in [0.2, 0.25) is 0 Å². The third-order valence-electron chi connectivity index (χ3n) is 6.48. The summed E-state index contributed by atoms with van der Waals surface area (Å²) < 4.78 is 1.46. The first-order chi connectivity index (χ1) is 16.9. The van der Waals surface area contributed by atoms with Crippen molar-refractivity contribution in [2.24, 2.45) is 5.92 Å². The molecule has 1 atom stereocenters. The van der Waals surface area contributed by atoms with Gasteiger partial charge in [0.25, 0.3) is 5.56 Å². The molecule has 9 heteroatoms. The molecular weight excluding hydrogens is 478 g/mol. The summed E-state index contributed by atoms with van der Waals surface area (Å²) in [6.07, 6.45) is 7.40. The highest BCUT2D eigenvalue weighted by atomic mass is 32.1. The van der Waals surface area contributed by atoms with Crippen LogP contribution in [0.3, 0.4) is 0 Å². The molecule has 0 saturated heterocycles. The number of rotatable bonds is 7. The molecule has 0 radical (unpaired) electrons. The number of anilines is 1. The lowest BCUT2D eigenvalue weighted by Crippen LogP contribution is -2.33. The van der Waals surface area contributed by atoms with Gasteiger partial charge in [0.2, 0.25) is 11.0 Å². The fourth-order valence-corrected chi connectivity index (χ4v) is 6.58. The normalized spacial score (nSPS) is 14.3. The molecule has 3 aromatic heterocycles. The van der Waals surface area contributed by atoms with Gasteiger partial charge in [0.05, 0.1) is 11.7 Å². The minimum absolute atomic E-state index is 0.191. The number of amides is 1. The highest BCUT2D eigenvalue weighted by Crippen LogP contribution is 2.34. The number of fused-ring (bicyclic) bond motifs is 2. The molecule has 182 valence electrons. The van der Waals surface area contributed by atoms with Gasteiger partial charge in [0, 0.05) is 17.4 Å². The summed E-state index contributed by atoms with van der Waals surface area (Å²) in [5.74, 6) is 0.176. The smallest absolute Gasteiger partial charge is 0.263 e. The van der Waals surface area contributed by atoms with Crippen molar-refractivity contribution >= 4 is 43.9 Å². The Labute approximate surface area is 212 Å². The minimum atomic E-state index is -0.687.